The lowest BCUT2D eigenvalue weighted by molar-refractivity contribution is -0.122. The molecule has 2 fully saturated rings. The molecule has 1 aliphatic heterocycles. The van der Waals surface area contributed by atoms with Crippen molar-refractivity contribution in [3.63, 3.8) is 0 Å². The van der Waals surface area contributed by atoms with Gasteiger partial charge in [0.25, 0.3) is 6.47 Å². The van der Waals surface area contributed by atoms with Gasteiger partial charge >= 0.3 is 0 Å². The average molecular weight is 315 g/mol. The van der Waals surface area contributed by atoms with E-state index in [2.05, 4.69) is 23.1 Å². The number of aliphatic hydroxyl groups is 1. The van der Waals surface area contributed by atoms with E-state index in [0.717, 1.165) is 31.4 Å². The number of phenolic OH excluding ortho intramolecular Hbond substituents is 1. The summed E-state index contributed by atoms with van der Waals surface area (Å²) in [7, 11) is 0. The molecule has 5 nitrogen and oxygen atoms in total. The van der Waals surface area contributed by atoms with Crippen molar-refractivity contribution in [2.45, 2.75) is 19.1 Å². The van der Waals surface area contributed by atoms with Gasteiger partial charge in [0.15, 0.2) is 0 Å². The number of aliphatic hydroxyl groups excluding tert-OH is 1. The lowest BCUT2D eigenvalue weighted by atomic mass is 9.74. The molecule has 0 bridgehead atoms. The molecule has 1 heterocycles. The van der Waals surface area contributed by atoms with E-state index in [-0.39, 0.29) is 12.6 Å². The summed E-state index contributed by atoms with van der Waals surface area (Å²) in [6.45, 7) is 2.85. The molecule has 0 amide bonds. The number of aromatic hydroxyl groups is 1. The standard InChI is InChI=1S/C17H19NO2.CH2O2/c19-15-4-3-12-5-11(1-2-13(12)6-15)8-18-9-14-7-17(20)16(14)10-18;2-1-3/h1-6,14,16-17,19-20H,7-10H2;1H,(H,2,3)/t14-,16+,17-;/m1./s1. The number of nitrogens with zero attached hydrogens (tertiary/aromatic N) is 1. The van der Waals surface area contributed by atoms with Crippen molar-refractivity contribution >= 4 is 17.2 Å². The topological polar surface area (TPSA) is 81.0 Å². The predicted molar refractivity (Wildman–Crippen MR) is 87.2 cm³/mol. The maximum Gasteiger partial charge on any atom is 0.290 e. The van der Waals surface area contributed by atoms with Gasteiger partial charge in [0, 0.05) is 25.6 Å². The lowest BCUT2D eigenvalue weighted by Gasteiger charge is -2.35. The third-order valence-electron chi connectivity index (χ3n) is 4.90. The summed E-state index contributed by atoms with van der Waals surface area (Å²) in [5, 5.41) is 28.3. The summed E-state index contributed by atoms with van der Waals surface area (Å²) in [6, 6.07) is 11.9. The van der Waals surface area contributed by atoms with E-state index in [1.54, 1.807) is 12.1 Å². The van der Waals surface area contributed by atoms with Crippen LogP contribution in [0.3, 0.4) is 0 Å². The van der Waals surface area contributed by atoms with E-state index in [1.165, 1.54) is 10.9 Å². The first-order valence-electron chi connectivity index (χ1n) is 7.80. The van der Waals surface area contributed by atoms with Crippen LogP contribution < -0.4 is 0 Å². The van der Waals surface area contributed by atoms with E-state index >= 15 is 0 Å². The van der Waals surface area contributed by atoms with Crippen LogP contribution in [0.15, 0.2) is 36.4 Å². The van der Waals surface area contributed by atoms with Gasteiger partial charge in [-0.15, -0.1) is 0 Å². The summed E-state index contributed by atoms with van der Waals surface area (Å²) in [4.78, 5) is 10.8. The summed E-state index contributed by atoms with van der Waals surface area (Å²) in [5.74, 6) is 1.53. The SMILES string of the molecule is O=CO.Oc1ccc2cc(CN3C[C@H]4C[C@@H](O)[C@H]4C3)ccc2c1. The van der Waals surface area contributed by atoms with Crippen LogP contribution in [-0.4, -0.2) is 45.9 Å². The van der Waals surface area contributed by atoms with Crippen molar-refractivity contribution in [1.29, 1.82) is 0 Å². The molecule has 1 saturated carbocycles. The van der Waals surface area contributed by atoms with Gasteiger partial charge in [0.2, 0.25) is 0 Å². The molecule has 0 spiro atoms. The van der Waals surface area contributed by atoms with Crippen molar-refractivity contribution < 1.29 is 20.1 Å². The second-order valence-corrected chi connectivity index (χ2v) is 6.39. The number of likely N-dealkylation sites (tertiary alicyclic amines) is 1. The van der Waals surface area contributed by atoms with Crippen molar-refractivity contribution in [1.82, 2.24) is 4.90 Å². The number of hydrogen-bond acceptors (Lipinski definition) is 4. The fourth-order valence-electron chi connectivity index (χ4n) is 3.73. The van der Waals surface area contributed by atoms with Gasteiger partial charge in [-0.2, -0.15) is 0 Å². The Morgan fingerprint density at radius 2 is 1.83 bits per heavy atom. The summed E-state index contributed by atoms with van der Waals surface area (Å²) in [5.41, 5.74) is 1.30. The second-order valence-electron chi connectivity index (χ2n) is 6.39. The van der Waals surface area contributed by atoms with Crippen LogP contribution in [0.1, 0.15) is 12.0 Å². The van der Waals surface area contributed by atoms with Crippen molar-refractivity contribution in [3.05, 3.63) is 42.0 Å². The largest absolute Gasteiger partial charge is 0.508 e. The third kappa shape index (κ3) is 3.30. The minimum atomic E-state index is -0.250. The highest BCUT2D eigenvalue weighted by atomic mass is 16.3. The third-order valence-corrected chi connectivity index (χ3v) is 4.90. The van der Waals surface area contributed by atoms with Crippen LogP contribution in [0.5, 0.6) is 5.75 Å². The zero-order chi connectivity index (χ0) is 16.4. The van der Waals surface area contributed by atoms with E-state index < -0.39 is 0 Å². The Bertz CT molecular complexity index is 702. The van der Waals surface area contributed by atoms with Crippen LogP contribution in [-0.2, 0) is 11.3 Å². The van der Waals surface area contributed by atoms with Gasteiger partial charge < -0.3 is 15.3 Å². The quantitative estimate of drug-likeness (QED) is 0.739. The first-order chi connectivity index (χ1) is 11.1. The number of rotatable bonds is 2. The average Bonchev–Trinajstić information content (AvgIpc) is 2.85. The molecule has 3 N–H and O–H groups in total. The van der Waals surface area contributed by atoms with Crippen LogP contribution in [0.4, 0.5) is 0 Å². The Hall–Kier alpha value is -2.11. The minimum absolute atomic E-state index is 0.0652. The molecule has 0 unspecified atom stereocenters. The van der Waals surface area contributed by atoms with E-state index in [1.807, 2.05) is 6.07 Å². The Labute approximate surface area is 134 Å². The van der Waals surface area contributed by atoms with Gasteiger partial charge in [-0.25, -0.2) is 0 Å². The van der Waals surface area contributed by atoms with Crippen molar-refractivity contribution in [3.8, 4) is 5.75 Å². The van der Waals surface area contributed by atoms with Crippen LogP contribution in [0.2, 0.25) is 0 Å². The number of benzene rings is 2. The predicted octanol–water partition coefficient (Wildman–Crippen LogP) is 2.06. The molecule has 122 valence electrons. The lowest BCUT2D eigenvalue weighted by Crippen LogP contribution is -2.39. The summed E-state index contributed by atoms with van der Waals surface area (Å²) in [6.07, 6.45) is 0.919. The maximum absolute atomic E-state index is 9.72. The number of hydrogen-bond donors (Lipinski definition) is 3. The summed E-state index contributed by atoms with van der Waals surface area (Å²) < 4.78 is 0. The molecule has 2 aliphatic rings. The zero-order valence-electron chi connectivity index (χ0n) is 12.8. The van der Waals surface area contributed by atoms with Crippen molar-refractivity contribution in [2.24, 2.45) is 11.8 Å². The molecule has 1 saturated heterocycles. The molecule has 2 aromatic rings. The smallest absolute Gasteiger partial charge is 0.290 e. The monoisotopic (exact) mass is 315 g/mol. The van der Waals surface area contributed by atoms with Gasteiger partial charge in [-0.3, -0.25) is 9.69 Å². The van der Waals surface area contributed by atoms with Gasteiger partial charge in [0.05, 0.1) is 6.10 Å². The molecule has 0 radical (unpaired) electrons. The van der Waals surface area contributed by atoms with Gasteiger partial charge in [0.1, 0.15) is 5.75 Å². The number of fused-ring (bicyclic) bond motifs is 2. The Balaban J connectivity index is 0.000000485. The normalized spacial score (nSPS) is 26.0. The van der Waals surface area contributed by atoms with Crippen molar-refractivity contribution in [2.75, 3.05) is 13.1 Å². The van der Waals surface area contributed by atoms with Crippen LogP contribution in [0, 0.1) is 11.8 Å². The van der Waals surface area contributed by atoms with E-state index in [9.17, 15) is 10.2 Å². The highest BCUT2D eigenvalue weighted by Crippen LogP contribution is 2.41. The number of carbonyl (C=O) groups is 1. The maximum atomic E-state index is 9.72. The molecular weight excluding hydrogens is 294 g/mol. The fraction of sp³-hybridized carbons (Fsp3) is 0.389. The molecule has 2 aromatic carbocycles. The minimum Gasteiger partial charge on any atom is -0.508 e. The highest BCUT2D eigenvalue weighted by Gasteiger charge is 2.45. The van der Waals surface area contributed by atoms with Gasteiger partial charge in [-0.05, 0) is 46.9 Å². The second kappa shape index (κ2) is 6.56. The molecule has 5 heteroatoms. The first-order valence-corrected chi connectivity index (χ1v) is 7.80. The van der Waals surface area contributed by atoms with Gasteiger partial charge in [-0.1, -0.05) is 18.2 Å². The molecular formula is C18H21NO4. The molecule has 0 aromatic heterocycles. The zero-order valence-corrected chi connectivity index (χ0v) is 12.8. The molecule has 4 rings (SSSR count). The number of carboxylic acid groups (broad SMARTS) is 1. The van der Waals surface area contributed by atoms with Crippen LogP contribution >= 0.6 is 0 Å². The number of phenols is 1. The summed E-state index contributed by atoms with van der Waals surface area (Å²) >= 11 is 0. The molecule has 1 aliphatic carbocycles. The Morgan fingerprint density at radius 1 is 1.13 bits per heavy atom. The highest BCUT2D eigenvalue weighted by molar-refractivity contribution is 5.84. The van der Waals surface area contributed by atoms with E-state index in [0.29, 0.717) is 17.6 Å². The van der Waals surface area contributed by atoms with Crippen LogP contribution in [0.25, 0.3) is 10.8 Å². The Morgan fingerprint density at radius 3 is 2.52 bits per heavy atom. The molecule has 3 atom stereocenters. The molecule has 23 heavy (non-hydrogen) atoms. The van der Waals surface area contributed by atoms with E-state index in [4.69, 9.17) is 9.90 Å². The fourth-order valence-corrected chi connectivity index (χ4v) is 3.73. The Kier molecular flexibility index (Phi) is 4.50. The first kappa shape index (κ1) is 15.8.